The maximum atomic E-state index is 13.2. The van der Waals surface area contributed by atoms with E-state index < -0.39 is 18.2 Å². The highest BCUT2D eigenvalue weighted by Gasteiger charge is 2.24. The van der Waals surface area contributed by atoms with Gasteiger partial charge in [-0.25, -0.2) is 0 Å². The Morgan fingerprint density at radius 3 is 1.32 bits per heavy atom. The first-order valence-electron chi connectivity index (χ1n) is 25.9. The number of aliphatic hydroxyl groups is 2. The summed E-state index contributed by atoms with van der Waals surface area (Å²) in [6.07, 6.45) is 57.4. The van der Waals surface area contributed by atoms with Gasteiger partial charge in [0.15, 0.2) is 0 Å². The summed E-state index contributed by atoms with van der Waals surface area (Å²) in [6.45, 7) is 6.43. The van der Waals surface area contributed by atoms with E-state index in [1.165, 1.54) is 135 Å². The highest BCUT2D eigenvalue weighted by molar-refractivity contribution is 5.77. The van der Waals surface area contributed by atoms with Crippen molar-refractivity contribution in [3.05, 3.63) is 48.6 Å². The Hall–Kier alpha value is -2.18. The van der Waals surface area contributed by atoms with Gasteiger partial charge in [0.2, 0.25) is 5.91 Å². The van der Waals surface area contributed by atoms with Crippen molar-refractivity contribution in [2.75, 3.05) is 6.61 Å². The lowest BCUT2D eigenvalue weighted by Gasteiger charge is -2.24. The lowest BCUT2D eigenvalue weighted by molar-refractivity contribution is -0.151. The number of carbonyl (C=O) groups excluding carboxylic acids is 2. The molecule has 0 heterocycles. The van der Waals surface area contributed by atoms with Crippen LogP contribution in [-0.4, -0.2) is 46.9 Å². The molecule has 0 aliphatic rings. The number of nitrogens with one attached hydrogen (secondary N) is 1. The van der Waals surface area contributed by atoms with Crippen LogP contribution >= 0.6 is 0 Å². The molecule has 0 rings (SSSR count). The quantitative estimate of drug-likeness (QED) is 0.0322. The normalized spacial score (nSPS) is 13.6. The second-order valence-electron chi connectivity index (χ2n) is 17.7. The summed E-state index contributed by atoms with van der Waals surface area (Å²) in [4.78, 5) is 26.1. The maximum absolute atomic E-state index is 13.2. The Balaban J connectivity index is 4.60. The Bertz CT molecular complexity index is 1040. The van der Waals surface area contributed by atoms with E-state index in [-0.39, 0.29) is 24.9 Å². The van der Waals surface area contributed by atoms with Crippen molar-refractivity contribution in [1.29, 1.82) is 0 Å². The van der Waals surface area contributed by atoms with E-state index in [0.717, 1.165) is 77.0 Å². The molecule has 3 N–H and O–H groups in total. The average Bonchev–Trinajstić information content (AvgIpc) is 3.24. The summed E-state index contributed by atoms with van der Waals surface area (Å²) in [5.41, 5.74) is 0. The fourth-order valence-corrected chi connectivity index (χ4v) is 7.80. The van der Waals surface area contributed by atoms with Gasteiger partial charge in [0, 0.05) is 6.42 Å². The molecule has 6 nitrogen and oxygen atoms in total. The predicted octanol–water partition coefficient (Wildman–Crippen LogP) is 15.5. The zero-order chi connectivity index (χ0) is 43.8. The van der Waals surface area contributed by atoms with Gasteiger partial charge < -0.3 is 20.3 Å². The lowest BCUT2D eigenvalue weighted by atomic mass is 10.0. The van der Waals surface area contributed by atoms with Crippen molar-refractivity contribution >= 4 is 11.9 Å². The van der Waals surface area contributed by atoms with E-state index in [1.54, 1.807) is 0 Å². The molecule has 3 unspecified atom stereocenters. The summed E-state index contributed by atoms with van der Waals surface area (Å²) in [7, 11) is 0. The smallest absolute Gasteiger partial charge is 0.306 e. The van der Waals surface area contributed by atoms with Gasteiger partial charge in [0.05, 0.1) is 25.2 Å². The SMILES string of the molecule is CCCCC/C=C/C=C/C=C/C=C/CCCCCCCC(=O)OC(CCCCCCCCCCCCCCCC)CC(=O)NC(CO)C(O)CCCCCCCCCCC. The van der Waals surface area contributed by atoms with Crippen molar-refractivity contribution in [2.45, 2.75) is 277 Å². The van der Waals surface area contributed by atoms with Crippen LogP contribution in [0.25, 0.3) is 0 Å². The molecule has 3 atom stereocenters. The van der Waals surface area contributed by atoms with Crippen molar-refractivity contribution in [3.63, 3.8) is 0 Å². The van der Waals surface area contributed by atoms with Crippen LogP contribution < -0.4 is 5.32 Å². The molecule has 0 bridgehead atoms. The molecule has 0 saturated heterocycles. The largest absolute Gasteiger partial charge is 0.462 e. The van der Waals surface area contributed by atoms with Crippen LogP contribution in [0, 0.1) is 0 Å². The van der Waals surface area contributed by atoms with Crippen LogP contribution in [-0.2, 0) is 14.3 Å². The predicted molar refractivity (Wildman–Crippen MR) is 259 cm³/mol. The first-order chi connectivity index (χ1) is 29.5. The van der Waals surface area contributed by atoms with Gasteiger partial charge in [-0.05, 0) is 51.4 Å². The summed E-state index contributed by atoms with van der Waals surface area (Å²) in [5.74, 6) is -0.493. The lowest BCUT2D eigenvalue weighted by Crippen LogP contribution is -2.46. The first-order valence-corrected chi connectivity index (χ1v) is 25.9. The van der Waals surface area contributed by atoms with Gasteiger partial charge in [0.25, 0.3) is 0 Å². The van der Waals surface area contributed by atoms with Crippen molar-refractivity contribution in [1.82, 2.24) is 5.32 Å². The number of carbonyl (C=O) groups is 2. The van der Waals surface area contributed by atoms with Crippen LogP contribution in [0.1, 0.15) is 258 Å². The summed E-state index contributed by atoms with van der Waals surface area (Å²) < 4.78 is 5.93. The number of hydrogen-bond acceptors (Lipinski definition) is 5. The second kappa shape index (κ2) is 47.9. The Morgan fingerprint density at radius 2 is 0.850 bits per heavy atom. The molecule has 0 saturated carbocycles. The van der Waals surface area contributed by atoms with E-state index >= 15 is 0 Å². The van der Waals surface area contributed by atoms with Crippen molar-refractivity contribution < 1.29 is 24.5 Å². The minimum atomic E-state index is -0.789. The number of esters is 1. The Kier molecular flexibility index (Phi) is 46.1. The van der Waals surface area contributed by atoms with Crippen LogP contribution in [0.3, 0.4) is 0 Å². The number of hydrogen-bond donors (Lipinski definition) is 3. The van der Waals surface area contributed by atoms with Gasteiger partial charge in [0.1, 0.15) is 6.10 Å². The second-order valence-corrected chi connectivity index (χ2v) is 17.7. The number of rotatable bonds is 46. The molecular formula is C54H99NO5. The van der Waals surface area contributed by atoms with Crippen molar-refractivity contribution in [3.8, 4) is 0 Å². The van der Waals surface area contributed by atoms with Crippen LogP contribution in [0.5, 0.6) is 0 Å². The fourth-order valence-electron chi connectivity index (χ4n) is 7.80. The van der Waals surface area contributed by atoms with E-state index in [4.69, 9.17) is 4.74 Å². The van der Waals surface area contributed by atoms with Gasteiger partial charge >= 0.3 is 5.97 Å². The molecule has 0 aromatic rings. The number of unbranched alkanes of at least 4 members (excludes halogenated alkanes) is 29. The number of amides is 1. The Labute approximate surface area is 372 Å². The van der Waals surface area contributed by atoms with E-state index in [1.807, 2.05) is 0 Å². The molecule has 0 aromatic carbocycles. The molecule has 0 spiro atoms. The number of aliphatic hydroxyl groups excluding tert-OH is 2. The zero-order valence-corrected chi connectivity index (χ0v) is 39.8. The van der Waals surface area contributed by atoms with Gasteiger partial charge in [-0.1, -0.05) is 243 Å². The van der Waals surface area contributed by atoms with E-state index in [0.29, 0.717) is 19.3 Å². The standard InChI is InChI=1S/C54H99NO5/c1-4-7-10-13-16-19-21-23-25-26-27-28-30-32-35-38-41-44-47-54(59)60-50(45-42-39-36-34-31-29-24-22-20-17-14-11-8-5-2)48-53(58)55-51(49-56)52(57)46-43-40-37-33-18-15-12-9-6-3/h16,19,21,23,25-28,50-52,56-57H,4-15,17-18,20,22,24,29-49H2,1-3H3,(H,55,58)/b19-16+,23-21+,26-25+,28-27+. The molecule has 0 aliphatic carbocycles. The van der Waals surface area contributed by atoms with Crippen molar-refractivity contribution in [2.24, 2.45) is 0 Å². The third-order valence-electron chi connectivity index (χ3n) is 11.8. The molecule has 60 heavy (non-hydrogen) atoms. The molecule has 0 radical (unpaired) electrons. The molecule has 0 fully saturated rings. The topological polar surface area (TPSA) is 95.9 Å². The minimum Gasteiger partial charge on any atom is -0.462 e. The number of ether oxygens (including phenoxy) is 1. The van der Waals surface area contributed by atoms with Gasteiger partial charge in [-0.3, -0.25) is 9.59 Å². The Morgan fingerprint density at radius 1 is 0.483 bits per heavy atom. The fraction of sp³-hybridized carbons (Fsp3) is 0.815. The van der Waals surface area contributed by atoms with Crippen LogP contribution in [0.15, 0.2) is 48.6 Å². The molecule has 0 aromatic heterocycles. The van der Waals surface area contributed by atoms with Gasteiger partial charge in [-0.15, -0.1) is 0 Å². The van der Waals surface area contributed by atoms with Crippen LogP contribution in [0.4, 0.5) is 0 Å². The summed E-state index contributed by atoms with van der Waals surface area (Å²) in [6, 6.07) is -0.703. The van der Waals surface area contributed by atoms with E-state index in [2.05, 4.69) is 74.7 Å². The number of allylic oxidation sites excluding steroid dienone is 8. The summed E-state index contributed by atoms with van der Waals surface area (Å²) in [5, 5.41) is 23.7. The molecule has 350 valence electrons. The zero-order valence-electron chi connectivity index (χ0n) is 39.8. The molecule has 0 aliphatic heterocycles. The minimum absolute atomic E-state index is 0.0700. The third kappa shape index (κ3) is 42.5. The highest BCUT2D eigenvalue weighted by Crippen LogP contribution is 2.18. The average molecular weight is 842 g/mol. The highest BCUT2D eigenvalue weighted by atomic mass is 16.5. The summed E-state index contributed by atoms with van der Waals surface area (Å²) >= 11 is 0. The molecular weight excluding hydrogens is 743 g/mol. The first kappa shape index (κ1) is 57.8. The molecule has 1 amide bonds. The molecule has 6 heteroatoms. The monoisotopic (exact) mass is 842 g/mol. The van der Waals surface area contributed by atoms with E-state index in [9.17, 15) is 19.8 Å². The van der Waals surface area contributed by atoms with Crippen LogP contribution in [0.2, 0.25) is 0 Å². The van der Waals surface area contributed by atoms with Gasteiger partial charge in [-0.2, -0.15) is 0 Å². The third-order valence-corrected chi connectivity index (χ3v) is 11.8. The maximum Gasteiger partial charge on any atom is 0.306 e.